The number of hydrogen-bond acceptors (Lipinski definition) is 3. The van der Waals surface area contributed by atoms with Gasteiger partial charge < -0.3 is 10.3 Å². The molecule has 0 amide bonds. The highest BCUT2D eigenvalue weighted by molar-refractivity contribution is 5.30. The van der Waals surface area contributed by atoms with Crippen LogP contribution in [0.15, 0.2) is 36.7 Å². The zero-order chi connectivity index (χ0) is 13.9. The van der Waals surface area contributed by atoms with Crippen LogP contribution < -0.4 is 5.73 Å². The fourth-order valence-corrected chi connectivity index (χ4v) is 3.11. The summed E-state index contributed by atoms with van der Waals surface area (Å²) < 4.78 is 2.23. The molecule has 0 saturated carbocycles. The Balaban J connectivity index is 1.87. The van der Waals surface area contributed by atoms with E-state index in [-0.39, 0.29) is 6.04 Å². The first kappa shape index (κ1) is 13.3. The molecule has 0 saturated heterocycles. The number of benzene rings is 1. The number of aryl methyl sites for hydroxylation is 1. The molecule has 0 radical (unpaired) electrons. The van der Waals surface area contributed by atoms with E-state index in [2.05, 4.69) is 51.8 Å². The van der Waals surface area contributed by atoms with Gasteiger partial charge in [-0.05, 0) is 17.5 Å². The van der Waals surface area contributed by atoms with Crippen molar-refractivity contribution in [1.29, 1.82) is 0 Å². The van der Waals surface area contributed by atoms with Gasteiger partial charge in [-0.2, -0.15) is 0 Å². The Kier molecular flexibility index (Phi) is 3.85. The molecule has 1 aromatic heterocycles. The zero-order valence-electron chi connectivity index (χ0n) is 12.0. The maximum Gasteiger partial charge on any atom is 0.122 e. The van der Waals surface area contributed by atoms with Crippen molar-refractivity contribution in [2.45, 2.75) is 32.5 Å². The van der Waals surface area contributed by atoms with Crippen molar-refractivity contribution < 1.29 is 0 Å². The van der Waals surface area contributed by atoms with Crippen molar-refractivity contribution in [2.24, 2.45) is 5.73 Å². The number of hydrogen-bond donors (Lipinski definition) is 1. The highest BCUT2D eigenvalue weighted by atomic mass is 15.3. The molecule has 0 bridgehead atoms. The normalized spacial score (nSPS) is 16.9. The van der Waals surface area contributed by atoms with Gasteiger partial charge in [0.05, 0.1) is 6.54 Å². The molecule has 4 nitrogen and oxygen atoms in total. The molecule has 0 aliphatic carbocycles. The first-order valence-electron chi connectivity index (χ1n) is 7.35. The minimum absolute atomic E-state index is 0.289. The quantitative estimate of drug-likeness (QED) is 0.924. The number of nitrogens with zero attached hydrogens (tertiary/aromatic N) is 3. The Bertz CT molecular complexity index is 575. The summed E-state index contributed by atoms with van der Waals surface area (Å²) in [6.45, 7) is 5.77. The molecular weight excluding hydrogens is 248 g/mol. The minimum Gasteiger partial charge on any atom is -0.333 e. The Hall–Kier alpha value is -1.65. The first-order chi connectivity index (χ1) is 9.83. The summed E-state index contributed by atoms with van der Waals surface area (Å²) in [6, 6.07) is 8.94. The zero-order valence-corrected chi connectivity index (χ0v) is 12.0. The van der Waals surface area contributed by atoms with Gasteiger partial charge >= 0.3 is 0 Å². The van der Waals surface area contributed by atoms with Gasteiger partial charge in [-0.25, -0.2) is 4.98 Å². The maximum absolute atomic E-state index is 6.09. The maximum atomic E-state index is 6.09. The number of nitrogens with two attached hydrogens (primary N) is 1. The van der Waals surface area contributed by atoms with E-state index >= 15 is 0 Å². The van der Waals surface area contributed by atoms with Gasteiger partial charge in [0.15, 0.2) is 0 Å². The topological polar surface area (TPSA) is 47.1 Å². The third-order valence-corrected chi connectivity index (χ3v) is 4.23. The Morgan fingerprint density at radius 3 is 2.95 bits per heavy atom. The van der Waals surface area contributed by atoms with Crippen molar-refractivity contribution in [3.8, 4) is 0 Å². The Labute approximate surface area is 120 Å². The lowest BCUT2D eigenvalue weighted by Gasteiger charge is -2.35. The summed E-state index contributed by atoms with van der Waals surface area (Å²) in [4.78, 5) is 6.90. The second-order valence-electron chi connectivity index (χ2n) is 5.31. The standard InChI is InChI=1S/C16H22N4/c1-2-13-5-3-4-6-14(13)15(11-17)20-10-9-19-8-7-18-16(19)12-20/h3-8,15H,2,9-12,17H2,1H3. The predicted molar refractivity (Wildman–Crippen MR) is 80.3 cm³/mol. The number of aromatic nitrogens is 2. The highest BCUT2D eigenvalue weighted by Gasteiger charge is 2.25. The van der Waals surface area contributed by atoms with E-state index in [0.717, 1.165) is 31.9 Å². The van der Waals surface area contributed by atoms with Crippen molar-refractivity contribution in [1.82, 2.24) is 14.5 Å². The third-order valence-electron chi connectivity index (χ3n) is 4.23. The molecule has 1 unspecified atom stereocenters. The lowest BCUT2D eigenvalue weighted by Crippen LogP contribution is -2.40. The average molecular weight is 270 g/mol. The van der Waals surface area contributed by atoms with Crippen LogP contribution >= 0.6 is 0 Å². The molecule has 1 atom stereocenters. The van der Waals surface area contributed by atoms with Gasteiger partial charge in [-0.15, -0.1) is 0 Å². The van der Waals surface area contributed by atoms with E-state index in [4.69, 9.17) is 5.73 Å². The van der Waals surface area contributed by atoms with Crippen molar-refractivity contribution >= 4 is 0 Å². The van der Waals surface area contributed by atoms with Crippen LogP contribution in [-0.4, -0.2) is 27.5 Å². The summed E-state index contributed by atoms with van der Waals surface area (Å²) in [6.07, 6.45) is 5.00. The van der Waals surface area contributed by atoms with Crippen LogP contribution in [0.25, 0.3) is 0 Å². The van der Waals surface area contributed by atoms with Crippen molar-refractivity contribution in [2.75, 3.05) is 13.1 Å². The summed E-state index contributed by atoms with van der Waals surface area (Å²) >= 11 is 0. The summed E-state index contributed by atoms with van der Waals surface area (Å²) in [5, 5.41) is 0. The molecule has 0 spiro atoms. The molecular formula is C16H22N4. The van der Waals surface area contributed by atoms with Gasteiger partial charge in [0.25, 0.3) is 0 Å². The number of imidazole rings is 1. The lowest BCUT2D eigenvalue weighted by atomic mass is 9.97. The monoisotopic (exact) mass is 270 g/mol. The Morgan fingerprint density at radius 2 is 2.15 bits per heavy atom. The molecule has 2 heterocycles. The fourth-order valence-electron chi connectivity index (χ4n) is 3.11. The average Bonchev–Trinajstić information content (AvgIpc) is 2.96. The minimum atomic E-state index is 0.289. The molecule has 1 aromatic carbocycles. The molecule has 3 rings (SSSR count). The number of rotatable bonds is 4. The van der Waals surface area contributed by atoms with E-state index in [0.29, 0.717) is 6.54 Å². The van der Waals surface area contributed by atoms with Crippen LogP contribution in [0.2, 0.25) is 0 Å². The lowest BCUT2D eigenvalue weighted by molar-refractivity contribution is 0.155. The van der Waals surface area contributed by atoms with Crippen molar-refractivity contribution in [3.63, 3.8) is 0 Å². The molecule has 0 fully saturated rings. The second-order valence-corrected chi connectivity index (χ2v) is 5.31. The van der Waals surface area contributed by atoms with E-state index in [1.165, 1.54) is 11.1 Å². The van der Waals surface area contributed by atoms with Gasteiger partial charge in [0, 0.05) is 38.1 Å². The van der Waals surface area contributed by atoms with Gasteiger partial charge in [-0.3, -0.25) is 4.90 Å². The summed E-state index contributed by atoms with van der Waals surface area (Å²) in [7, 11) is 0. The van der Waals surface area contributed by atoms with Crippen LogP contribution in [0, 0.1) is 0 Å². The largest absolute Gasteiger partial charge is 0.333 e. The van der Waals surface area contributed by atoms with Crippen LogP contribution in [0.3, 0.4) is 0 Å². The van der Waals surface area contributed by atoms with Gasteiger partial charge in [0.1, 0.15) is 5.82 Å². The molecule has 1 aliphatic heterocycles. The third kappa shape index (κ3) is 2.37. The van der Waals surface area contributed by atoms with Crippen LogP contribution in [-0.2, 0) is 19.5 Å². The smallest absolute Gasteiger partial charge is 0.122 e. The van der Waals surface area contributed by atoms with Crippen LogP contribution in [0.4, 0.5) is 0 Å². The van der Waals surface area contributed by atoms with Crippen LogP contribution in [0.1, 0.15) is 29.9 Å². The molecule has 2 aromatic rings. The molecule has 106 valence electrons. The first-order valence-corrected chi connectivity index (χ1v) is 7.35. The second kappa shape index (κ2) is 5.77. The van der Waals surface area contributed by atoms with E-state index in [1.807, 2.05) is 6.20 Å². The van der Waals surface area contributed by atoms with Gasteiger partial charge in [-0.1, -0.05) is 31.2 Å². The van der Waals surface area contributed by atoms with Gasteiger partial charge in [0.2, 0.25) is 0 Å². The Morgan fingerprint density at radius 1 is 1.30 bits per heavy atom. The van der Waals surface area contributed by atoms with Crippen LogP contribution in [0.5, 0.6) is 0 Å². The van der Waals surface area contributed by atoms with E-state index in [9.17, 15) is 0 Å². The number of fused-ring (bicyclic) bond motifs is 1. The molecule has 4 heteroatoms. The molecule has 20 heavy (non-hydrogen) atoms. The molecule has 2 N–H and O–H groups in total. The molecule has 1 aliphatic rings. The van der Waals surface area contributed by atoms with E-state index < -0.39 is 0 Å². The fraction of sp³-hybridized carbons (Fsp3) is 0.438. The van der Waals surface area contributed by atoms with E-state index in [1.54, 1.807) is 0 Å². The predicted octanol–water partition coefficient (Wildman–Crippen LogP) is 1.96. The summed E-state index contributed by atoms with van der Waals surface area (Å²) in [5.41, 5.74) is 8.86. The summed E-state index contributed by atoms with van der Waals surface area (Å²) in [5.74, 6) is 1.14. The SMILES string of the molecule is CCc1ccccc1C(CN)N1CCn2ccnc2C1. The highest BCUT2D eigenvalue weighted by Crippen LogP contribution is 2.27. The van der Waals surface area contributed by atoms with Crippen molar-refractivity contribution in [3.05, 3.63) is 53.6 Å².